The normalized spacial score (nSPS) is 11.8. The van der Waals surface area contributed by atoms with Crippen molar-refractivity contribution in [2.45, 2.75) is 32.4 Å². The summed E-state index contributed by atoms with van der Waals surface area (Å²) in [6, 6.07) is 3.70. The van der Waals surface area contributed by atoms with E-state index >= 15 is 0 Å². The molecule has 1 rings (SSSR count). The summed E-state index contributed by atoms with van der Waals surface area (Å²) in [5.74, 6) is 1.27. The highest BCUT2D eigenvalue weighted by molar-refractivity contribution is 9.10. The lowest BCUT2D eigenvalue weighted by Gasteiger charge is -2.13. The van der Waals surface area contributed by atoms with Crippen LogP contribution in [0.1, 0.15) is 25.3 Å². The average Bonchev–Trinajstić information content (AvgIpc) is 2.43. The number of methoxy groups -OCH3 is 2. The molecule has 0 bridgehead atoms. The van der Waals surface area contributed by atoms with Crippen LogP contribution in [0.2, 0.25) is 0 Å². The molecule has 1 unspecified atom stereocenters. The average molecular weight is 345 g/mol. The number of carbonyl (C=O) groups excluding carboxylic acids is 1. The van der Waals surface area contributed by atoms with Gasteiger partial charge in [0.1, 0.15) is 0 Å². The Bertz CT molecular complexity index is 464. The summed E-state index contributed by atoms with van der Waals surface area (Å²) in [5.41, 5.74) is 6.55. The second-order valence-electron chi connectivity index (χ2n) is 4.59. The quantitative estimate of drug-likeness (QED) is 0.795. The summed E-state index contributed by atoms with van der Waals surface area (Å²) in [4.78, 5) is 11.7. The zero-order valence-electron chi connectivity index (χ0n) is 12.0. The van der Waals surface area contributed by atoms with Crippen molar-refractivity contribution >= 4 is 21.8 Å². The zero-order valence-corrected chi connectivity index (χ0v) is 13.6. The molecule has 0 saturated heterocycles. The number of hydrogen-bond donors (Lipinski definition) is 2. The van der Waals surface area contributed by atoms with E-state index in [-0.39, 0.29) is 11.9 Å². The number of hydrogen-bond acceptors (Lipinski definition) is 4. The van der Waals surface area contributed by atoms with Gasteiger partial charge in [-0.05, 0) is 31.0 Å². The number of rotatable bonds is 7. The molecule has 3 N–H and O–H groups in total. The molecule has 20 heavy (non-hydrogen) atoms. The largest absolute Gasteiger partial charge is 0.493 e. The zero-order chi connectivity index (χ0) is 15.1. The van der Waals surface area contributed by atoms with Gasteiger partial charge in [0, 0.05) is 23.5 Å². The van der Waals surface area contributed by atoms with E-state index < -0.39 is 0 Å². The number of benzene rings is 1. The molecule has 1 atom stereocenters. The van der Waals surface area contributed by atoms with Crippen molar-refractivity contribution < 1.29 is 14.3 Å². The molecule has 0 aliphatic heterocycles. The molecule has 5 nitrogen and oxygen atoms in total. The highest BCUT2D eigenvalue weighted by atomic mass is 79.9. The topological polar surface area (TPSA) is 73.6 Å². The van der Waals surface area contributed by atoms with Gasteiger partial charge < -0.3 is 20.5 Å². The Morgan fingerprint density at radius 1 is 1.35 bits per heavy atom. The van der Waals surface area contributed by atoms with Crippen molar-refractivity contribution in [2.24, 2.45) is 5.73 Å². The first-order valence-electron chi connectivity index (χ1n) is 6.40. The molecule has 1 aromatic rings. The second kappa shape index (κ2) is 8.11. The molecule has 0 radical (unpaired) electrons. The first-order chi connectivity index (χ1) is 9.47. The monoisotopic (exact) mass is 344 g/mol. The molecule has 0 heterocycles. The Balaban J connectivity index is 2.66. The van der Waals surface area contributed by atoms with E-state index in [0.717, 1.165) is 10.0 Å². The van der Waals surface area contributed by atoms with E-state index in [9.17, 15) is 4.79 Å². The van der Waals surface area contributed by atoms with Gasteiger partial charge in [-0.2, -0.15) is 0 Å². The fourth-order valence-electron chi connectivity index (χ4n) is 1.67. The smallest absolute Gasteiger partial charge is 0.220 e. The number of ether oxygens (including phenoxy) is 2. The summed E-state index contributed by atoms with van der Waals surface area (Å²) < 4.78 is 11.3. The Kier molecular flexibility index (Phi) is 6.81. The van der Waals surface area contributed by atoms with E-state index in [1.165, 1.54) is 0 Å². The fourth-order valence-corrected chi connectivity index (χ4v) is 2.14. The predicted molar refractivity (Wildman–Crippen MR) is 82.0 cm³/mol. The Labute approximate surface area is 127 Å². The fraction of sp³-hybridized carbons (Fsp3) is 0.500. The molecule has 0 aliphatic rings. The van der Waals surface area contributed by atoms with E-state index in [4.69, 9.17) is 15.2 Å². The Morgan fingerprint density at radius 3 is 2.50 bits per heavy atom. The summed E-state index contributed by atoms with van der Waals surface area (Å²) >= 11 is 3.46. The van der Waals surface area contributed by atoms with Gasteiger partial charge in [0.2, 0.25) is 5.91 Å². The summed E-state index contributed by atoms with van der Waals surface area (Å²) in [6.45, 7) is 2.32. The van der Waals surface area contributed by atoms with Gasteiger partial charge in [0.05, 0.1) is 14.2 Å². The third-order valence-electron chi connectivity index (χ3n) is 2.86. The van der Waals surface area contributed by atoms with Crippen LogP contribution in [0, 0.1) is 0 Å². The van der Waals surface area contributed by atoms with Crippen molar-refractivity contribution in [3.63, 3.8) is 0 Å². The SMILES string of the molecule is COc1cc(Br)c(CNC(=O)CCC(C)N)cc1OC. The number of nitrogens with two attached hydrogens (primary N) is 1. The molecule has 0 spiro atoms. The molecule has 6 heteroatoms. The van der Waals surface area contributed by atoms with Crippen LogP contribution in [0.3, 0.4) is 0 Å². The second-order valence-corrected chi connectivity index (χ2v) is 5.45. The summed E-state index contributed by atoms with van der Waals surface area (Å²) in [6.07, 6.45) is 1.11. The summed E-state index contributed by atoms with van der Waals surface area (Å²) in [7, 11) is 3.16. The minimum Gasteiger partial charge on any atom is -0.493 e. The Morgan fingerprint density at radius 2 is 1.95 bits per heavy atom. The van der Waals surface area contributed by atoms with Crippen LogP contribution in [0.5, 0.6) is 11.5 Å². The molecular weight excluding hydrogens is 324 g/mol. The highest BCUT2D eigenvalue weighted by Crippen LogP contribution is 2.33. The first-order valence-corrected chi connectivity index (χ1v) is 7.20. The van der Waals surface area contributed by atoms with Crippen LogP contribution in [-0.2, 0) is 11.3 Å². The van der Waals surface area contributed by atoms with E-state index in [0.29, 0.717) is 30.9 Å². The molecule has 0 aromatic heterocycles. The molecule has 112 valence electrons. The molecule has 1 aromatic carbocycles. The van der Waals surface area contributed by atoms with Crippen molar-refractivity contribution in [3.05, 3.63) is 22.2 Å². The number of carbonyl (C=O) groups is 1. The van der Waals surface area contributed by atoms with Crippen molar-refractivity contribution in [1.29, 1.82) is 0 Å². The number of nitrogens with one attached hydrogen (secondary N) is 1. The predicted octanol–water partition coefficient (Wildman–Crippen LogP) is 2.21. The highest BCUT2D eigenvalue weighted by Gasteiger charge is 2.10. The molecule has 0 aliphatic carbocycles. The minimum absolute atomic E-state index is 0.0102. The van der Waals surface area contributed by atoms with Crippen molar-refractivity contribution in [2.75, 3.05) is 14.2 Å². The van der Waals surface area contributed by atoms with E-state index in [2.05, 4.69) is 21.2 Å². The molecule has 0 saturated carbocycles. The standard InChI is InChI=1S/C14H21BrN2O3/c1-9(16)4-5-14(18)17-8-10-6-12(19-2)13(20-3)7-11(10)15/h6-7,9H,4-5,8,16H2,1-3H3,(H,17,18). The van der Waals surface area contributed by atoms with Gasteiger partial charge in [-0.15, -0.1) is 0 Å². The van der Waals surface area contributed by atoms with Gasteiger partial charge in [-0.1, -0.05) is 15.9 Å². The van der Waals surface area contributed by atoms with Crippen molar-refractivity contribution in [1.82, 2.24) is 5.32 Å². The maximum absolute atomic E-state index is 11.7. The third kappa shape index (κ3) is 5.02. The third-order valence-corrected chi connectivity index (χ3v) is 3.59. The van der Waals surface area contributed by atoms with Crippen LogP contribution in [0.15, 0.2) is 16.6 Å². The van der Waals surface area contributed by atoms with Crippen LogP contribution in [0.4, 0.5) is 0 Å². The van der Waals surface area contributed by atoms with Gasteiger partial charge in [0.15, 0.2) is 11.5 Å². The van der Waals surface area contributed by atoms with Crippen LogP contribution in [-0.4, -0.2) is 26.2 Å². The van der Waals surface area contributed by atoms with E-state index in [1.54, 1.807) is 14.2 Å². The minimum atomic E-state index is -0.0102. The maximum atomic E-state index is 11.7. The molecule has 0 fully saturated rings. The molecule has 1 amide bonds. The van der Waals surface area contributed by atoms with Crippen molar-refractivity contribution in [3.8, 4) is 11.5 Å². The van der Waals surface area contributed by atoms with Crippen LogP contribution >= 0.6 is 15.9 Å². The lowest BCUT2D eigenvalue weighted by atomic mass is 10.1. The molecular formula is C14H21BrN2O3. The van der Waals surface area contributed by atoms with Gasteiger partial charge >= 0.3 is 0 Å². The van der Waals surface area contributed by atoms with Gasteiger partial charge in [-0.25, -0.2) is 0 Å². The number of halogens is 1. The number of amides is 1. The van der Waals surface area contributed by atoms with Gasteiger partial charge in [0.25, 0.3) is 0 Å². The van der Waals surface area contributed by atoms with Gasteiger partial charge in [-0.3, -0.25) is 4.79 Å². The van der Waals surface area contributed by atoms with Crippen LogP contribution < -0.4 is 20.5 Å². The lowest BCUT2D eigenvalue weighted by Crippen LogP contribution is -2.25. The van der Waals surface area contributed by atoms with Crippen LogP contribution in [0.25, 0.3) is 0 Å². The van der Waals surface area contributed by atoms with E-state index in [1.807, 2.05) is 19.1 Å². The lowest BCUT2D eigenvalue weighted by molar-refractivity contribution is -0.121. The first kappa shape index (κ1) is 16.8. The Hall–Kier alpha value is -1.27. The summed E-state index contributed by atoms with van der Waals surface area (Å²) in [5, 5.41) is 2.86. The maximum Gasteiger partial charge on any atom is 0.220 e.